The van der Waals surface area contributed by atoms with Crippen LogP contribution in [0.3, 0.4) is 0 Å². The van der Waals surface area contributed by atoms with E-state index in [1.165, 1.54) is 5.56 Å². The smallest absolute Gasteiger partial charge is 0.243 e. The summed E-state index contributed by atoms with van der Waals surface area (Å²) in [5, 5.41) is 3.88. The molecule has 0 aliphatic carbocycles. The van der Waals surface area contributed by atoms with E-state index in [4.69, 9.17) is 9.26 Å². The van der Waals surface area contributed by atoms with Gasteiger partial charge in [0.1, 0.15) is 0 Å². The summed E-state index contributed by atoms with van der Waals surface area (Å²) in [5.74, 6) is 2.06. The van der Waals surface area contributed by atoms with E-state index in [-0.39, 0.29) is 6.04 Å². The highest BCUT2D eigenvalue weighted by Gasteiger charge is 2.25. The van der Waals surface area contributed by atoms with E-state index in [0.717, 1.165) is 32.7 Å². The first-order valence-corrected chi connectivity index (χ1v) is 7.91. The Labute approximate surface area is 136 Å². The lowest BCUT2D eigenvalue weighted by Gasteiger charge is -2.36. The van der Waals surface area contributed by atoms with Gasteiger partial charge >= 0.3 is 0 Å². The van der Waals surface area contributed by atoms with Gasteiger partial charge in [0.15, 0.2) is 5.82 Å². The van der Waals surface area contributed by atoms with E-state index < -0.39 is 0 Å². The normalized spacial score (nSPS) is 18.0. The molecular formula is C16H23N5O2. The van der Waals surface area contributed by atoms with Gasteiger partial charge in [0, 0.05) is 45.0 Å². The molecule has 0 saturated carbocycles. The Morgan fingerprint density at radius 1 is 1.30 bits per heavy atom. The minimum Gasteiger partial charge on any atom is -0.481 e. The lowest BCUT2D eigenvalue weighted by atomic mass is 10.2. The summed E-state index contributed by atoms with van der Waals surface area (Å²) in [4.78, 5) is 13.3. The molecule has 1 saturated heterocycles. The molecule has 0 bridgehead atoms. The fourth-order valence-corrected chi connectivity index (χ4v) is 2.87. The predicted molar refractivity (Wildman–Crippen MR) is 85.1 cm³/mol. The number of nitrogens with zero attached hydrogens (tertiary/aromatic N) is 5. The number of rotatable bonds is 5. The van der Waals surface area contributed by atoms with E-state index in [1.54, 1.807) is 13.3 Å². The molecule has 124 valence electrons. The number of aryl methyl sites for hydroxylation is 1. The molecule has 3 rings (SSSR count). The van der Waals surface area contributed by atoms with Crippen LogP contribution in [0.2, 0.25) is 0 Å². The molecule has 1 fully saturated rings. The van der Waals surface area contributed by atoms with E-state index in [2.05, 4.69) is 31.8 Å². The van der Waals surface area contributed by atoms with E-state index >= 15 is 0 Å². The average Bonchev–Trinajstić information content (AvgIpc) is 3.01. The number of methoxy groups -OCH3 is 1. The van der Waals surface area contributed by atoms with Gasteiger partial charge in [0.25, 0.3) is 0 Å². The highest BCUT2D eigenvalue weighted by Crippen LogP contribution is 2.21. The van der Waals surface area contributed by atoms with E-state index in [9.17, 15) is 0 Å². The Kier molecular flexibility index (Phi) is 4.88. The Morgan fingerprint density at radius 2 is 2.09 bits per heavy atom. The van der Waals surface area contributed by atoms with Crippen molar-refractivity contribution in [3.05, 3.63) is 35.6 Å². The SMILES string of the molecule is COc1cc(CN2CCN(C(C)c3nc(C)no3)CC2)ccn1. The van der Waals surface area contributed by atoms with Crippen LogP contribution in [0.25, 0.3) is 0 Å². The third-order valence-electron chi connectivity index (χ3n) is 4.27. The van der Waals surface area contributed by atoms with Crippen molar-refractivity contribution in [1.82, 2.24) is 24.9 Å². The van der Waals surface area contributed by atoms with Crippen molar-refractivity contribution in [2.75, 3.05) is 33.3 Å². The van der Waals surface area contributed by atoms with Crippen molar-refractivity contribution >= 4 is 0 Å². The third-order valence-corrected chi connectivity index (χ3v) is 4.27. The maximum atomic E-state index is 5.29. The van der Waals surface area contributed by atoms with Crippen LogP contribution in [-0.2, 0) is 6.54 Å². The fraction of sp³-hybridized carbons (Fsp3) is 0.562. The minimum atomic E-state index is 0.166. The highest BCUT2D eigenvalue weighted by molar-refractivity contribution is 5.20. The van der Waals surface area contributed by atoms with Gasteiger partial charge < -0.3 is 9.26 Å². The zero-order chi connectivity index (χ0) is 16.2. The predicted octanol–water partition coefficient (Wildman–Crippen LogP) is 1.66. The standard InChI is InChI=1S/C16H23N5O2/c1-12(16-18-13(2)19-23-16)21-8-6-20(7-9-21)11-14-4-5-17-15(10-14)22-3/h4-5,10,12H,6-9,11H2,1-3H3. The maximum absolute atomic E-state index is 5.29. The van der Waals surface area contributed by atoms with Crippen LogP contribution in [0.4, 0.5) is 0 Å². The lowest BCUT2D eigenvalue weighted by molar-refractivity contribution is 0.0845. The number of hydrogen-bond donors (Lipinski definition) is 0. The average molecular weight is 317 g/mol. The quantitative estimate of drug-likeness (QED) is 0.830. The number of hydrogen-bond acceptors (Lipinski definition) is 7. The number of pyridine rings is 1. The summed E-state index contributed by atoms with van der Waals surface area (Å²) in [5.41, 5.74) is 1.23. The highest BCUT2D eigenvalue weighted by atomic mass is 16.5. The first kappa shape index (κ1) is 15.9. The van der Waals surface area contributed by atoms with Gasteiger partial charge in [-0.3, -0.25) is 9.80 Å². The van der Waals surface area contributed by atoms with Crippen molar-refractivity contribution in [3.63, 3.8) is 0 Å². The van der Waals surface area contributed by atoms with Gasteiger partial charge in [-0.15, -0.1) is 0 Å². The third kappa shape index (κ3) is 3.86. The van der Waals surface area contributed by atoms with Gasteiger partial charge in [-0.25, -0.2) is 4.98 Å². The second kappa shape index (κ2) is 7.06. The van der Waals surface area contributed by atoms with Crippen LogP contribution in [0.1, 0.15) is 30.2 Å². The summed E-state index contributed by atoms with van der Waals surface area (Å²) in [6, 6.07) is 4.20. The van der Waals surface area contributed by atoms with Crippen LogP contribution < -0.4 is 4.74 Å². The van der Waals surface area contributed by atoms with Gasteiger partial charge in [0.2, 0.25) is 11.8 Å². The van der Waals surface area contributed by atoms with Crippen molar-refractivity contribution in [2.24, 2.45) is 0 Å². The van der Waals surface area contributed by atoms with Crippen LogP contribution in [0.15, 0.2) is 22.9 Å². The first-order chi connectivity index (χ1) is 11.2. The topological polar surface area (TPSA) is 67.5 Å². The largest absolute Gasteiger partial charge is 0.481 e. The molecule has 7 nitrogen and oxygen atoms in total. The molecule has 23 heavy (non-hydrogen) atoms. The Balaban J connectivity index is 1.53. The summed E-state index contributed by atoms with van der Waals surface area (Å²) in [6.07, 6.45) is 1.80. The van der Waals surface area contributed by atoms with Crippen molar-refractivity contribution < 1.29 is 9.26 Å². The monoisotopic (exact) mass is 317 g/mol. The Bertz CT molecular complexity index is 637. The molecule has 1 unspecified atom stereocenters. The molecular weight excluding hydrogens is 294 g/mol. The van der Waals surface area contributed by atoms with Gasteiger partial charge in [-0.1, -0.05) is 5.16 Å². The molecule has 1 atom stereocenters. The number of ether oxygens (including phenoxy) is 1. The molecule has 2 aromatic heterocycles. The van der Waals surface area contributed by atoms with Crippen LogP contribution in [0, 0.1) is 6.92 Å². The van der Waals surface area contributed by atoms with Crippen molar-refractivity contribution in [2.45, 2.75) is 26.4 Å². The molecule has 7 heteroatoms. The minimum absolute atomic E-state index is 0.166. The van der Waals surface area contributed by atoms with Gasteiger partial charge in [-0.2, -0.15) is 4.98 Å². The molecule has 1 aliphatic heterocycles. The summed E-state index contributed by atoms with van der Waals surface area (Å²) in [7, 11) is 1.64. The molecule has 0 amide bonds. The van der Waals surface area contributed by atoms with Crippen LogP contribution in [-0.4, -0.2) is 58.2 Å². The molecule has 2 aromatic rings. The molecule has 0 N–H and O–H groups in total. The second-order valence-corrected chi connectivity index (χ2v) is 5.87. The number of aromatic nitrogens is 3. The summed E-state index contributed by atoms with van der Waals surface area (Å²) in [6.45, 7) is 8.90. The molecule has 1 aliphatic rings. The van der Waals surface area contributed by atoms with E-state index in [0.29, 0.717) is 17.6 Å². The number of piperazine rings is 1. The lowest BCUT2D eigenvalue weighted by Crippen LogP contribution is -2.46. The molecule has 0 aromatic carbocycles. The molecule has 3 heterocycles. The summed E-state index contributed by atoms with van der Waals surface area (Å²) >= 11 is 0. The maximum Gasteiger partial charge on any atom is 0.243 e. The fourth-order valence-electron chi connectivity index (χ4n) is 2.87. The Hall–Kier alpha value is -1.99. The van der Waals surface area contributed by atoms with E-state index in [1.807, 2.05) is 19.1 Å². The first-order valence-electron chi connectivity index (χ1n) is 7.91. The zero-order valence-electron chi connectivity index (χ0n) is 13.9. The summed E-state index contributed by atoms with van der Waals surface area (Å²) < 4.78 is 10.5. The Morgan fingerprint density at radius 3 is 2.74 bits per heavy atom. The molecule has 0 radical (unpaired) electrons. The van der Waals surface area contributed by atoms with Crippen LogP contribution >= 0.6 is 0 Å². The zero-order valence-corrected chi connectivity index (χ0v) is 13.9. The van der Waals surface area contributed by atoms with Gasteiger partial charge in [-0.05, 0) is 25.5 Å². The van der Waals surface area contributed by atoms with Gasteiger partial charge in [0.05, 0.1) is 13.2 Å². The molecule has 0 spiro atoms. The van der Waals surface area contributed by atoms with Crippen molar-refractivity contribution in [1.29, 1.82) is 0 Å². The van der Waals surface area contributed by atoms with Crippen molar-refractivity contribution in [3.8, 4) is 5.88 Å². The van der Waals surface area contributed by atoms with Crippen LogP contribution in [0.5, 0.6) is 5.88 Å². The second-order valence-electron chi connectivity index (χ2n) is 5.87.